The quantitative estimate of drug-likeness (QED) is 0.751. The van der Waals surface area contributed by atoms with Crippen molar-refractivity contribution < 1.29 is 9.90 Å². The predicted octanol–water partition coefficient (Wildman–Crippen LogP) is 1.93. The Morgan fingerprint density at radius 1 is 1.33 bits per heavy atom. The SMILES string of the molecule is Cc1nc2c3ccccc3nn2c(C)c1CCC(=O)NC(C)CO. The number of carbonyl (C=O) groups excluding carboxylic acids is 1. The molecule has 3 aromatic rings. The van der Waals surface area contributed by atoms with Crippen LogP contribution in [0.15, 0.2) is 24.3 Å². The van der Waals surface area contributed by atoms with Crippen LogP contribution in [0.25, 0.3) is 16.6 Å². The Morgan fingerprint density at radius 2 is 2.08 bits per heavy atom. The molecule has 24 heavy (non-hydrogen) atoms. The highest BCUT2D eigenvalue weighted by Crippen LogP contribution is 2.22. The Hall–Kier alpha value is -2.47. The summed E-state index contributed by atoms with van der Waals surface area (Å²) in [7, 11) is 0. The largest absolute Gasteiger partial charge is 0.394 e. The van der Waals surface area contributed by atoms with E-state index in [0.29, 0.717) is 12.8 Å². The molecular formula is C18H22N4O2. The van der Waals surface area contributed by atoms with Gasteiger partial charge in [0.25, 0.3) is 0 Å². The van der Waals surface area contributed by atoms with E-state index in [4.69, 9.17) is 10.1 Å². The van der Waals surface area contributed by atoms with Crippen molar-refractivity contribution in [2.75, 3.05) is 6.61 Å². The van der Waals surface area contributed by atoms with Gasteiger partial charge in [-0.3, -0.25) is 4.79 Å². The molecular weight excluding hydrogens is 304 g/mol. The molecule has 0 bridgehead atoms. The monoisotopic (exact) mass is 326 g/mol. The number of amides is 1. The first-order valence-electron chi connectivity index (χ1n) is 8.15. The van der Waals surface area contributed by atoms with Crippen molar-refractivity contribution in [3.63, 3.8) is 0 Å². The van der Waals surface area contributed by atoms with Gasteiger partial charge >= 0.3 is 0 Å². The van der Waals surface area contributed by atoms with Gasteiger partial charge < -0.3 is 10.4 Å². The second-order valence-corrected chi connectivity index (χ2v) is 6.16. The Balaban J connectivity index is 1.91. The molecule has 126 valence electrons. The standard InChI is InChI=1S/C18H22N4O2/c1-11(10-23)19-17(24)9-8-14-12(2)20-18-15-6-4-5-7-16(15)21-22(18)13(14)3/h4-7,11,23H,8-10H2,1-3H3,(H,19,24). The molecule has 0 saturated heterocycles. The van der Waals surface area contributed by atoms with Crippen LogP contribution in [0.1, 0.15) is 30.3 Å². The van der Waals surface area contributed by atoms with Gasteiger partial charge in [0.2, 0.25) is 5.91 Å². The summed E-state index contributed by atoms with van der Waals surface area (Å²) in [6, 6.07) is 7.72. The lowest BCUT2D eigenvalue weighted by atomic mass is 10.1. The van der Waals surface area contributed by atoms with Crippen LogP contribution < -0.4 is 5.32 Å². The lowest BCUT2D eigenvalue weighted by Gasteiger charge is -2.13. The first kappa shape index (κ1) is 16.4. The molecule has 0 fully saturated rings. The molecule has 1 amide bonds. The summed E-state index contributed by atoms with van der Waals surface area (Å²) in [4.78, 5) is 16.7. The van der Waals surface area contributed by atoms with Crippen LogP contribution in [-0.4, -0.2) is 38.3 Å². The van der Waals surface area contributed by atoms with E-state index in [-0.39, 0.29) is 18.6 Å². The second kappa shape index (κ2) is 6.57. The topological polar surface area (TPSA) is 79.5 Å². The van der Waals surface area contributed by atoms with Crippen LogP contribution in [-0.2, 0) is 11.2 Å². The van der Waals surface area contributed by atoms with E-state index >= 15 is 0 Å². The first-order chi connectivity index (χ1) is 11.5. The summed E-state index contributed by atoms with van der Waals surface area (Å²) in [6.07, 6.45) is 0.959. The highest BCUT2D eigenvalue weighted by Gasteiger charge is 2.15. The fourth-order valence-corrected chi connectivity index (χ4v) is 2.97. The number of nitrogens with zero attached hydrogens (tertiary/aromatic N) is 3. The van der Waals surface area contributed by atoms with E-state index in [2.05, 4.69) is 10.4 Å². The third-order valence-electron chi connectivity index (χ3n) is 4.30. The van der Waals surface area contributed by atoms with E-state index in [1.165, 1.54) is 0 Å². The van der Waals surface area contributed by atoms with E-state index in [9.17, 15) is 4.79 Å². The van der Waals surface area contributed by atoms with Gasteiger partial charge in [-0.15, -0.1) is 0 Å². The highest BCUT2D eigenvalue weighted by atomic mass is 16.3. The molecule has 0 aliphatic carbocycles. The number of aliphatic hydroxyl groups excluding tert-OH is 1. The summed E-state index contributed by atoms with van der Waals surface area (Å²) >= 11 is 0. The van der Waals surface area contributed by atoms with Gasteiger partial charge in [-0.2, -0.15) is 5.10 Å². The van der Waals surface area contributed by atoms with Crippen LogP contribution in [0.5, 0.6) is 0 Å². The van der Waals surface area contributed by atoms with Crippen LogP contribution in [0.4, 0.5) is 0 Å². The highest BCUT2D eigenvalue weighted by molar-refractivity contribution is 5.92. The Kier molecular flexibility index (Phi) is 4.49. The van der Waals surface area contributed by atoms with Crippen molar-refractivity contribution >= 4 is 22.5 Å². The molecule has 0 spiro atoms. The second-order valence-electron chi connectivity index (χ2n) is 6.16. The summed E-state index contributed by atoms with van der Waals surface area (Å²) in [5.74, 6) is -0.0685. The minimum Gasteiger partial charge on any atom is -0.394 e. The number of aryl methyl sites for hydroxylation is 2. The van der Waals surface area contributed by atoms with Crippen LogP contribution in [0, 0.1) is 13.8 Å². The number of aromatic nitrogens is 3. The molecule has 2 N–H and O–H groups in total. The van der Waals surface area contributed by atoms with Gasteiger partial charge in [0.15, 0.2) is 5.65 Å². The maximum atomic E-state index is 11.9. The Bertz CT molecular complexity index is 901. The van der Waals surface area contributed by atoms with Gasteiger partial charge in [-0.05, 0) is 44.9 Å². The summed E-state index contributed by atoms with van der Waals surface area (Å²) in [6.45, 7) is 5.70. The smallest absolute Gasteiger partial charge is 0.220 e. The number of nitrogens with one attached hydrogen (secondary N) is 1. The van der Waals surface area contributed by atoms with E-state index in [1.807, 2.05) is 42.6 Å². The minimum absolute atomic E-state index is 0.0583. The van der Waals surface area contributed by atoms with Crippen molar-refractivity contribution in [2.24, 2.45) is 0 Å². The zero-order chi connectivity index (χ0) is 17.3. The fraction of sp³-hybridized carbons (Fsp3) is 0.389. The van der Waals surface area contributed by atoms with Crippen LogP contribution in [0.3, 0.4) is 0 Å². The normalized spacial score (nSPS) is 12.7. The van der Waals surface area contributed by atoms with E-state index < -0.39 is 0 Å². The molecule has 0 saturated carbocycles. The molecule has 0 aliphatic rings. The average molecular weight is 326 g/mol. The van der Waals surface area contributed by atoms with Crippen molar-refractivity contribution in [3.8, 4) is 0 Å². The third kappa shape index (κ3) is 2.97. The van der Waals surface area contributed by atoms with Crippen molar-refractivity contribution in [1.82, 2.24) is 19.9 Å². The van der Waals surface area contributed by atoms with Crippen LogP contribution >= 0.6 is 0 Å². The van der Waals surface area contributed by atoms with E-state index in [0.717, 1.165) is 33.5 Å². The molecule has 0 aliphatic heterocycles. The molecule has 2 heterocycles. The maximum absolute atomic E-state index is 11.9. The number of fused-ring (bicyclic) bond motifs is 3. The predicted molar refractivity (Wildman–Crippen MR) is 93.0 cm³/mol. The molecule has 0 radical (unpaired) electrons. The van der Waals surface area contributed by atoms with E-state index in [1.54, 1.807) is 6.92 Å². The maximum Gasteiger partial charge on any atom is 0.220 e. The molecule has 6 nitrogen and oxygen atoms in total. The molecule has 1 aromatic carbocycles. The minimum atomic E-state index is -0.225. The number of hydrogen-bond donors (Lipinski definition) is 2. The molecule has 2 aromatic heterocycles. The zero-order valence-corrected chi connectivity index (χ0v) is 14.2. The van der Waals surface area contributed by atoms with Gasteiger partial charge in [0, 0.05) is 29.2 Å². The van der Waals surface area contributed by atoms with Gasteiger partial charge in [-0.1, -0.05) is 12.1 Å². The Morgan fingerprint density at radius 3 is 2.83 bits per heavy atom. The lowest BCUT2D eigenvalue weighted by molar-refractivity contribution is -0.121. The zero-order valence-electron chi connectivity index (χ0n) is 14.2. The summed E-state index contributed by atoms with van der Waals surface area (Å²) in [5.41, 5.74) is 4.74. The van der Waals surface area contributed by atoms with Crippen molar-refractivity contribution in [2.45, 2.75) is 39.7 Å². The number of benzene rings is 1. The third-order valence-corrected chi connectivity index (χ3v) is 4.30. The number of aliphatic hydroxyl groups is 1. The first-order valence-corrected chi connectivity index (χ1v) is 8.15. The van der Waals surface area contributed by atoms with Gasteiger partial charge in [-0.25, -0.2) is 9.50 Å². The van der Waals surface area contributed by atoms with Gasteiger partial charge in [0.1, 0.15) is 0 Å². The molecule has 1 atom stereocenters. The summed E-state index contributed by atoms with van der Waals surface area (Å²) in [5, 5.41) is 17.4. The fourth-order valence-electron chi connectivity index (χ4n) is 2.97. The van der Waals surface area contributed by atoms with Crippen LogP contribution in [0.2, 0.25) is 0 Å². The number of hydrogen-bond acceptors (Lipinski definition) is 4. The molecule has 1 unspecified atom stereocenters. The lowest BCUT2D eigenvalue weighted by Crippen LogP contribution is -2.35. The number of carbonyl (C=O) groups is 1. The Labute approximate surface area is 140 Å². The van der Waals surface area contributed by atoms with Crippen molar-refractivity contribution in [1.29, 1.82) is 0 Å². The molecule has 3 rings (SSSR count). The average Bonchev–Trinajstić information content (AvgIpc) is 2.93. The van der Waals surface area contributed by atoms with Crippen molar-refractivity contribution in [3.05, 3.63) is 41.2 Å². The number of rotatable bonds is 5. The van der Waals surface area contributed by atoms with Gasteiger partial charge in [0.05, 0.1) is 12.1 Å². The molecule has 6 heteroatoms. The summed E-state index contributed by atoms with van der Waals surface area (Å²) < 4.78 is 1.86.